The van der Waals surface area contributed by atoms with E-state index in [2.05, 4.69) is 31.3 Å². The van der Waals surface area contributed by atoms with Gasteiger partial charge in [-0.15, -0.1) is 0 Å². The minimum atomic E-state index is -4.60. The second kappa shape index (κ2) is 50.9. The van der Waals surface area contributed by atoms with Crippen LogP contribution in [0.2, 0.25) is 0 Å². The van der Waals surface area contributed by atoms with Crippen LogP contribution in [0.5, 0.6) is 0 Å². The fourth-order valence-corrected chi connectivity index (χ4v) is 9.70. The number of rotatable bonds is 55. The fraction of sp³-hybridized carbons (Fsp3) is 0.915. The summed E-state index contributed by atoms with van der Waals surface area (Å²) >= 11 is 0. The van der Waals surface area contributed by atoms with Crippen molar-refractivity contribution >= 4 is 13.7 Å². The number of hydrogen-bond acceptors (Lipinski definition) is 6. The van der Waals surface area contributed by atoms with Crippen LogP contribution in [0.3, 0.4) is 0 Å². The maximum atomic E-state index is 13.0. The van der Waals surface area contributed by atoms with Crippen molar-refractivity contribution < 1.29 is 32.9 Å². The quantitative estimate of drug-likeness (QED) is 0.0272. The van der Waals surface area contributed by atoms with E-state index in [-0.39, 0.29) is 19.1 Å². The SMILES string of the molecule is CCCCCCCCCCCCCC/C=C\CCCCCCCCCCCCC(=O)NC(COP(=O)([O-])OCC[N+](C)(C)C)C(O)/C=C/CCCCCCCCCCCCCCCCCCCC. The number of unbranched alkanes of at least 4 members (excludes halogenated alkanes) is 40. The monoisotopic (exact) mass is 981 g/mol. The molecule has 0 saturated heterocycles. The number of phosphoric acid groups is 1. The third-order valence-corrected chi connectivity index (χ3v) is 14.6. The lowest BCUT2D eigenvalue weighted by molar-refractivity contribution is -0.870. The predicted molar refractivity (Wildman–Crippen MR) is 293 cm³/mol. The summed E-state index contributed by atoms with van der Waals surface area (Å²) in [5.74, 6) is -0.194. The number of quaternary nitrogens is 1. The molecule has 1 amide bonds. The predicted octanol–water partition coefficient (Wildman–Crippen LogP) is 17.4. The van der Waals surface area contributed by atoms with Crippen molar-refractivity contribution in [3.05, 3.63) is 24.3 Å². The Morgan fingerprint density at radius 3 is 1.15 bits per heavy atom. The molecule has 0 aliphatic carbocycles. The van der Waals surface area contributed by atoms with Crippen LogP contribution in [0.1, 0.15) is 296 Å². The van der Waals surface area contributed by atoms with Crippen molar-refractivity contribution in [2.24, 2.45) is 0 Å². The van der Waals surface area contributed by atoms with Gasteiger partial charge >= 0.3 is 0 Å². The smallest absolute Gasteiger partial charge is 0.268 e. The summed E-state index contributed by atoms with van der Waals surface area (Å²) in [6, 6.07) is -0.886. The first-order valence-electron chi connectivity index (χ1n) is 29.7. The Hall–Kier alpha value is -1.02. The molecule has 0 aliphatic heterocycles. The Bertz CT molecular complexity index is 1160. The van der Waals surface area contributed by atoms with Crippen molar-refractivity contribution in [2.75, 3.05) is 40.9 Å². The topological polar surface area (TPSA) is 108 Å². The third kappa shape index (κ3) is 52.8. The molecule has 3 unspecified atom stereocenters. The molecule has 0 aromatic heterocycles. The van der Waals surface area contributed by atoms with Gasteiger partial charge in [-0.05, 0) is 44.9 Å². The molecule has 0 saturated carbocycles. The first-order valence-corrected chi connectivity index (χ1v) is 31.2. The minimum absolute atomic E-state index is 0.000583. The maximum Gasteiger partial charge on any atom is 0.268 e. The summed E-state index contributed by atoms with van der Waals surface area (Å²) in [4.78, 5) is 25.5. The summed E-state index contributed by atoms with van der Waals surface area (Å²) in [6.07, 6.45) is 64.0. The van der Waals surface area contributed by atoms with E-state index in [9.17, 15) is 19.4 Å². The second-order valence-electron chi connectivity index (χ2n) is 21.7. The van der Waals surface area contributed by atoms with Gasteiger partial charge in [0.25, 0.3) is 7.82 Å². The van der Waals surface area contributed by atoms with Crippen molar-refractivity contribution in [3.63, 3.8) is 0 Å². The van der Waals surface area contributed by atoms with E-state index in [1.807, 2.05) is 27.2 Å². The highest BCUT2D eigenvalue weighted by atomic mass is 31.2. The molecule has 0 bridgehead atoms. The highest BCUT2D eigenvalue weighted by Crippen LogP contribution is 2.38. The van der Waals surface area contributed by atoms with Crippen LogP contribution in [0.15, 0.2) is 24.3 Å². The minimum Gasteiger partial charge on any atom is -0.756 e. The molecule has 68 heavy (non-hydrogen) atoms. The molecule has 0 rings (SSSR count). The Morgan fingerprint density at radius 2 is 0.809 bits per heavy atom. The van der Waals surface area contributed by atoms with E-state index < -0.39 is 20.0 Å². The summed E-state index contributed by atoms with van der Waals surface area (Å²) in [6.45, 7) is 4.69. The molecular weight excluding hydrogens is 864 g/mol. The van der Waals surface area contributed by atoms with Gasteiger partial charge in [-0.25, -0.2) is 0 Å². The number of nitrogens with zero attached hydrogens (tertiary/aromatic N) is 1. The maximum absolute atomic E-state index is 13.0. The lowest BCUT2D eigenvalue weighted by Crippen LogP contribution is -2.45. The number of nitrogens with one attached hydrogen (secondary N) is 1. The van der Waals surface area contributed by atoms with Gasteiger partial charge in [0.2, 0.25) is 5.91 Å². The number of aliphatic hydroxyl groups is 1. The summed E-state index contributed by atoms with van der Waals surface area (Å²) in [7, 11) is 1.27. The van der Waals surface area contributed by atoms with E-state index in [0.717, 1.165) is 38.5 Å². The van der Waals surface area contributed by atoms with Gasteiger partial charge in [-0.2, -0.15) is 0 Å². The molecule has 9 heteroatoms. The van der Waals surface area contributed by atoms with Crippen molar-refractivity contribution in [1.82, 2.24) is 5.32 Å². The number of amides is 1. The molecule has 2 N–H and O–H groups in total. The van der Waals surface area contributed by atoms with Gasteiger partial charge < -0.3 is 28.8 Å². The van der Waals surface area contributed by atoms with Gasteiger partial charge in [0.05, 0.1) is 39.9 Å². The lowest BCUT2D eigenvalue weighted by atomic mass is 10.0. The number of phosphoric ester groups is 1. The number of hydrogen-bond donors (Lipinski definition) is 2. The molecule has 0 fully saturated rings. The van der Waals surface area contributed by atoms with E-state index in [1.54, 1.807) is 6.08 Å². The zero-order valence-electron chi connectivity index (χ0n) is 46.1. The van der Waals surface area contributed by atoms with Crippen LogP contribution < -0.4 is 10.2 Å². The van der Waals surface area contributed by atoms with Crippen LogP contribution >= 0.6 is 7.82 Å². The first kappa shape index (κ1) is 67.0. The molecule has 0 spiro atoms. The molecule has 0 radical (unpaired) electrons. The number of carbonyl (C=O) groups is 1. The van der Waals surface area contributed by atoms with Crippen LogP contribution in [0.4, 0.5) is 0 Å². The molecule has 3 atom stereocenters. The largest absolute Gasteiger partial charge is 0.756 e. The van der Waals surface area contributed by atoms with E-state index in [4.69, 9.17) is 9.05 Å². The van der Waals surface area contributed by atoms with Crippen molar-refractivity contribution in [2.45, 2.75) is 309 Å². The Balaban J connectivity index is 4.17. The highest BCUT2D eigenvalue weighted by Gasteiger charge is 2.23. The highest BCUT2D eigenvalue weighted by molar-refractivity contribution is 7.45. The normalized spacial score (nSPS) is 14.0. The Kier molecular flexibility index (Phi) is 50.1. The van der Waals surface area contributed by atoms with E-state index in [0.29, 0.717) is 17.4 Å². The zero-order valence-corrected chi connectivity index (χ0v) is 47.0. The summed E-state index contributed by atoms with van der Waals surface area (Å²) in [5.41, 5.74) is 0. The van der Waals surface area contributed by atoms with Crippen LogP contribution in [0, 0.1) is 0 Å². The average Bonchev–Trinajstić information content (AvgIpc) is 3.30. The fourth-order valence-electron chi connectivity index (χ4n) is 8.97. The van der Waals surface area contributed by atoms with Gasteiger partial charge in [0.1, 0.15) is 13.2 Å². The Labute approximate surface area is 424 Å². The van der Waals surface area contributed by atoms with Gasteiger partial charge in [0, 0.05) is 6.42 Å². The van der Waals surface area contributed by atoms with Crippen molar-refractivity contribution in [1.29, 1.82) is 0 Å². The molecule has 0 aliphatic rings. The molecule has 0 heterocycles. The Morgan fingerprint density at radius 1 is 0.500 bits per heavy atom. The number of carbonyl (C=O) groups excluding carboxylic acids is 1. The van der Waals surface area contributed by atoms with Crippen LogP contribution in [0.25, 0.3) is 0 Å². The molecular formula is C59H117N2O6P. The molecule has 404 valence electrons. The third-order valence-electron chi connectivity index (χ3n) is 13.7. The standard InChI is InChI=1S/C59H117N2O6P/c1-6-8-10-12-14-16-18-20-22-24-26-28-29-30-31-32-33-35-37-39-41-43-45-47-49-51-53-59(63)60-57(56-67-68(64,65)66-55-54-61(3,4)5)58(62)52-50-48-46-44-42-40-38-36-34-27-25-23-21-19-17-15-13-11-9-7-2/h30-31,50,52,57-58,62H,6-29,32-49,51,53-56H2,1-5H3,(H-,60,63,64,65)/b31-30-,52-50+. The first-order chi connectivity index (χ1) is 33.0. The van der Waals surface area contributed by atoms with Gasteiger partial charge in [-0.3, -0.25) is 9.36 Å². The van der Waals surface area contributed by atoms with Gasteiger partial charge in [-0.1, -0.05) is 269 Å². The van der Waals surface area contributed by atoms with E-state index in [1.165, 1.54) is 238 Å². The zero-order chi connectivity index (χ0) is 49.9. The summed E-state index contributed by atoms with van der Waals surface area (Å²) in [5, 5.41) is 13.9. The molecule has 8 nitrogen and oxygen atoms in total. The van der Waals surface area contributed by atoms with Crippen molar-refractivity contribution in [3.8, 4) is 0 Å². The van der Waals surface area contributed by atoms with Gasteiger partial charge in [0.15, 0.2) is 0 Å². The van der Waals surface area contributed by atoms with Crippen LogP contribution in [-0.2, 0) is 18.4 Å². The summed E-state index contributed by atoms with van der Waals surface area (Å²) < 4.78 is 23.4. The van der Waals surface area contributed by atoms with Crippen LogP contribution in [-0.4, -0.2) is 68.5 Å². The van der Waals surface area contributed by atoms with E-state index >= 15 is 0 Å². The number of allylic oxidation sites excluding steroid dienone is 3. The lowest BCUT2D eigenvalue weighted by Gasteiger charge is -2.29. The second-order valence-corrected chi connectivity index (χ2v) is 23.1. The average molecular weight is 982 g/mol. The molecule has 0 aromatic carbocycles. The number of aliphatic hydroxyl groups excluding tert-OH is 1. The molecule has 0 aromatic rings. The number of likely N-dealkylation sites (N-methyl/N-ethyl adjacent to an activating group) is 1.